The van der Waals surface area contributed by atoms with Crippen molar-refractivity contribution in [3.63, 3.8) is 0 Å². The monoisotopic (exact) mass is 1020 g/mol. The number of aliphatic imine (C=N–C) groups is 2. The van der Waals surface area contributed by atoms with Crippen LogP contribution < -0.4 is 29.6 Å². The van der Waals surface area contributed by atoms with Gasteiger partial charge in [0.2, 0.25) is 0 Å². The van der Waals surface area contributed by atoms with Crippen LogP contribution in [-0.2, 0) is 49.1 Å². The van der Waals surface area contributed by atoms with E-state index in [-0.39, 0.29) is 49.6 Å². The summed E-state index contributed by atoms with van der Waals surface area (Å²) in [5.74, 6) is -0.924. The molecule has 2 unspecified atom stereocenters. The fourth-order valence-corrected chi connectivity index (χ4v) is 8.03. The molecule has 2 aromatic heterocycles. The first-order chi connectivity index (χ1) is 34.5. The van der Waals surface area contributed by atoms with Gasteiger partial charge in [-0.2, -0.15) is 0 Å². The summed E-state index contributed by atoms with van der Waals surface area (Å²) in [6.45, 7) is 6.88. The minimum Gasteiger partial charge on any atom is -0.488 e. The maximum atomic E-state index is 12.0. The van der Waals surface area contributed by atoms with E-state index in [1.165, 1.54) is 13.8 Å². The van der Waals surface area contributed by atoms with Gasteiger partial charge in [-0.3, -0.25) is 40.2 Å². The summed E-state index contributed by atoms with van der Waals surface area (Å²) >= 11 is 13.7. The number of aliphatic hydroxyl groups is 2. The van der Waals surface area contributed by atoms with Gasteiger partial charge in [0.1, 0.15) is 60.5 Å². The Bertz CT molecular complexity index is 3020. The van der Waals surface area contributed by atoms with E-state index in [9.17, 15) is 30.0 Å². The molecule has 16 nitrogen and oxygen atoms in total. The first-order valence-corrected chi connectivity index (χ1v) is 23.7. The molecular weight excluding hydrogens is 964 g/mol. The topological polar surface area (TPSA) is 227 Å². The van der Waals surface area contributed by atoms with Gasteiger partial charge in [-0.05, 0) is 85.3 Å². The normalized spacial score (nSPS) is 13.8. The van der Waals surface area contributed by atoms with Gasteiger partial charge in [-0.25, -0.2) is 0 Å². The van der Waals surface area contributed by atoms with Crippen LogP contribution in [0.1, 0.15) is 69.5 Å². The van der Waals surface area contributed by atoms with Crippen LogP contribution in [0.15, 0.2) is 108 Å². The number of halogens is 2. The molecule has 0 bridgehead atoms. The molecule has 6 aromatic rings. The Hall–Kier alpha value is -6.92. The van der Waals surface area contributed by atoms with Crippen molar-refractivity contribution in [3.8, 4) is 34.1 Å². The smallest absolute Gasteiger partial charge is 0.326 e. The van der Waals surface area contributed by atoms with Crippen molar-refractivity contribution in [1.82, 2.24) is 20.6 Å². The van der Waals surface area contributed by atoms with Gasteiger partial charge in [0.25, 0.3) is 0 Å². The number of nitrogens with one attached hydrogen (secondary N) is 2. The van der Waals surface area contributed by atoms with Crippen LogP contribution in [-0.4, -0.2) is 92.1 Å². The van der Waals surface area contributed by atoms with Crippen molar-refractivity contribution >= 4 is 47.1 Å². The number of carboxylic acid groups (broad SMARTS) is 2. The molecule has 2 atom stereocenters. The maximum absolute atomic E-state index is 12.0. The molecule has 6 N–H and O–H groups in total. The lowest BCUT2D eigenvalue weighted by Crippen LogP contribution is -2.52. The van der Waals surface area contributed by atoms with E-state index in [0.29, 0.717) is 40.7 Å². The van der Waals surface area contributed by atoms with Crippen LogP contribution in [0.5, 0.6) is 23.0 Å². The summed E-state index contributed by atoms with van der Waals surface area (Å²) < 4.78 is 25.4. The molecule has 1 aliphatic heterocycles. The average Bonchev–Trinajstić information content (AvgIpc) is 4.23. The third-order valence-electron chi connectivity index (χ3n) is 12.4. The first kappa shape index (κ1) is 52.9. The highest BCUT2D eigenvalue weighted by Crippen LogP contribution is 2.38. The largest absolute Gasteiger partial charge is 0.488 e. The van der Waals surface area contributed by atoms with Crippen LogP contribution in [0.25, 0.3) is 11.1 Å². The van der Waals surface area contributed by atoms with Crippen molar-refractivity contribution in [3.05, 3.63) is 163 Å². The molecule has 3 heterocycles. The Labute approximate surface area is 427 Å². The predicted molar refractivity (Wildman–Crippen MR) is 275 cm³/mol. The Kier molecular flexibility index (Phi) is 17.3. The molecule has 72 heavy (non-hydrogen) atoms. The summed E-state index contributed by atoms with van der Waals surface area (Å²) in [6.07, 6.45) is 8.51. The van der Waals surface area contributed by atoms with Crippen LogP contribution in [0.3, 0.4) is 0 Å². The molecule has 376 valence electrons. The number of aliphatic hydroxyl groups excluding tert-OH is 2. The van der Waals surface area contributed by atoms with E-state index < -0.39 is 36.2 Å². The molecule has 0 radical (unpaired) electrons. The second kappa shape index (κ2) is 23.5. The molecule has 4 aromatic carbocycles. The number of aromatic nitrogens is 2. The summed E-state index contributed by atoms with van der Waals surface area (Å²) in [4.78, 5) is 40.9. The van der Waals surface area contributed by atoms with Crippen molar-refractivity contribution in [2.75, 3.05) is 26.8 Å². The molecule has 0 spiro atoms. The summed E-state index contributed by atoms with van der Waals surface area (Å²) in [5.41, 5.74) is 7.91. The number of hydrogen-bond acceptors (Lipinski definition) is 14. The van der Waals surface area contributed by atoms with E-state index in [2.05, 4.69) is 30.6 Å². The van der Waals surface area contributed by atoms with E-state index in [1.807, 2.05) is 62.4 Å². The third-order valence-corrected chi connectivity index (χ3v) is 13.0. The number of carbonyl (C=O) groups is 2. The number of benzene rings is 4. The van der Waals surface area contributed by atoms with Crippen LogP contribution in [0.2, 0.25) is 10.0 Å². The lowest BCUT2D eigenvalue weighted by atomic mass is 9.92. The lowest BCUT2D eigenvalue weighted by molar-refractivity contribution is -0.146. The number of carboxylic acids is 2. The molecule has 7 rings (SSSR count). The molecule has 0 fully saturated rings. The van der Waals surface area contributed by atoms with Crippen molar-refractivity contribution in [2.24, 2.45) is 9.98 Å². The average molecular weight is 1020 g/mol. The van der Waals surface area contributed by atoms with Crippen LogP contribution >= 0.6 is 23.2 Å². The highest BCUT2D eigenvalue weighted by Gasteiger charge is 2.33. The Morgan fingerprint density at radius 1 is 0.653 bits per heavy atom. The molecule has 0 saturated carbocycles. The third kappa shape index (κ3) is 12.9. The highest BCUT2D eigenvalue weighted by molar-refractivity contribution is 6.32. The highest BCUT2D eigenvalue weighted by atomic mass is 35.5. The number of rotatable bonds is 25. The molecular formula is C54H56Cl2N6O10. The van der Waals surface area contributed by atoms with Gasteiger partial charge in [0.15, 0.2) is 0 Å². The number of nitrogens with zero attached hydrogens (tertiary/aromatic N) is 4. The van der Waals surface area contributed by atoms with Gasteiger partial charge < -0.3 is 39.4 Å². The number of hydrogen-bond donors (Lipinski definition) is 6. The van der Waals surface area contributed by atoms with Gasteiger partial charge in [-0.15, -0.1) is 0 Å². The second-order valence-corrected chi connectivity index (χ2v) is 18.6. The summed E-state index contributed by atoms with van der Waals surface area (Å²) in [7, 11) is 1.67. The number of ether oxygens (including phenoxy) is 4. The molecule has 18 heteroatoms. The standard InChI is InChI=1S/C54H56Cl2N6O10/c1-32-37(28-71-49-16-47(69-26-35-12-34(18-57-5)19-58-20-35)40(14-44(49)55)23-61-53(3,30-63)51(65)66)8-6-10-42(32)43-11-7-9-38(33(43)2)29-72-50-17-48(70-27-36-13-39(22-59-21-36)46-25-60-46)41(15-45(50)56)24-62-54(4,31-64)52(67)68/h6-22,61-64H,23-31H2,1-5H3,(H,65,66)(H,67,68). The van der Waals surface area contributed by atoms with Gasteiger partial charge in [0, 0.05) is 96.7 Å². The zero-order chi connectivity index (χ0) is 51.6. The molecule has 0 amide bonds. The van der Waals surface area contributed by atoms with Crippen molar-refractivity contribution in [2.45, 2.75) is 78.3 Å². The fraction of sp³-hybridized carbons (Fsp3) is 0.296. The second-order valence-electron chi connectivity index (χ2n) is 17.8. The SMILES string of the molecule is CN=Cc1cncc(COc2cc(OCc3cccc(-c4cccc(COc5cc(OCc6cncc(C7=NC7)c6)c(CNC(C)(CO)C(=O)O)cc5Cl)c4C)c3C)c(Cl)cc2CNC(C)(CO)C(=O)O)c1. The lowest BCUT2D eigenvalue weighted by Gasteiger charge is -2.25. The summed E-state index contributed by atoms with van der Waals surface area (Å²) in [5, 5.41) is 45.7. The first-order valence-electron chi connectivity index (χ1n) is 22.9. The quantitative estimate of drug-likeness (QED) is 0.0298. The van der Waals surface area contributed by atoms with Gasteiger partial charge in [0.05, 0.1) is 35.5 Å². The zero-order valence-corrected chi connectivity index (χ0v) is 42.0. The van der Waals surface area contributed by atoms with Crippen molar-refractivity contribution < 1.29 is 49.0 Å². The number of pyridine rings is 2. The minimum atomic E-state index is -1.61. The van der Waals surface area contributed by atoms with Crippen LogP contribution in [0.4, 0.5) is 0 Å². The van der Waals surface area contributed by atoms with E-state index in [0.717, 1.165) is 61.3 Å². The molecule has 0 saturated heterocycles. The Morgan fingerprint density at radius 3 is 1.56 bits per heavy atom. The van der Waals surface area contributed by atoms with E-state index >= 15 is 0 Å². The van der Waals surface area contributed by atoms with Gasteiger partial charge >= 0.3 is 11.9 Å². The zero-order valence-electron chi connectivity index (χ0n) is 40.5. The predicted octanol–water partition coefficient (Wildman–Crippen LogP) is 8.09. The molecule has 0 aliphatic carbocycles. The van der Waals surface area contributed by atoms with Gasteiger partial charge in [-0.1, -0.05) is 59.6 Å². The van der Waals surface area contributed by atoms with E-state index in [4.69, 9.17) is 42.1 Å². The Morgan fingerprint density at radius 2 is 1.11 bits per heavy atom. The van der Waals surface area contributed by atoms with Crippen LogP contribution in [0, 0.1) is 13.8 Å². The fourth-order valence-electron chi connectivity index (χ4n) is 7.55. The minimum absolute atomic E-state index is 0.0171. The maximum Gasteiger partial charge on any atom is 0.326 e. The van der Waals surface area contributed by atoms with Crippen molar-refractivity contribution in [1.29, 1.82) is 0 Å². The number of aliphatic carboxylic acids is 2. The molecule has 1 aliphatic rings. The van der Waals surface area contributed by atoms with E-state index in [1.54, 1.807) is 62.3 Å². The summed E-state index contributed by atoms with van der Waals surface area (Å²) in [6, 6.07) is 22.5. The Balaban J connectivity index is 1.09.